The highest BCUT2D eigenvalue weighted by Crippen LogP contribution is 2.27. The van der Waals surface area contributed by atoms with Crippen LogP contribution in [0.1, 0.15) is 10.4 Å². The molecule has 0 aromatic heterocycles. The van der Waals surface area contributed by atoms with E-state index in [1.165, 1.54) is 36.2 Å². The van der Waals surface area contributed by atoms with Crippen molar-refractivity contribution in [3.63, 3.8) is 0 Å². The lowest BCUT2D eigenvalue weighted by molar-refractivity contribution is 0.102. The van der Waals surface area contributed by atoms with Gasteiger partial charge in [0.2, 0.25) is 0 Å². The monoisotopic (exact) mass is 372 g/mol. The van der Waals surface area contributed by atoms with Gasteiger partial charge in [0.15, 0.2) is 0 Å². The van der Waals surface area contributed by atoms with Gasteiger partial charge in [-0.1, -0.05) is 23.7 Å². The topological polar surface area (TPSA) is 41.1 Å². The molecule has 3 aromatic rings. The Hall–Kier alpha value is -2.50. The Morgan fingerprint density at radius 3 is 2.28 bits per heavy atom. The summed E-state index contributed by atoms with van der Waals surface area (Å²) >= 11 is 7.50. The van der Waals surface area contributed by atoms with Crippen LogP contribution in [0.25, 0.3) is 0 Å². The van der Waals surface area contributed by atoms with Crippen LogP contribution < -0.4 is 10.0 Å². The van der Waals surface area contributed by atoms with Crippen molar-refractivity contribution in [2.24, 2.45) is 0 Å². The zero-order valence-electron chi connectivity index (χ0n) is 13.0. The van der Waals surface area contributed by atoms with Crippen molar-refractivity contribution in [1.82, 2.24) is 0 Å². The third-order valence-corrected chi connectivity index (χ3v) is 4.53. The highest BCUT2D eigenvalue weighted by atomic mass is 35.5. The summed E-state index contributed by atoms with van der Waals surface area (Å²) in [5, 5.41) is 3.37. The molecule has 3 nitrogen and oxygen atoms in total. The maximum absolute atomic E-state index is 12.9. The fourth-order valence-corrected chi connectivity index (χ4v) is 2.99. The summed E-state index contributed by atoms with van der Waals surface area (Å²) in [6.07, 6.45) is 0. The predicted molar refractivity (Wildman–Crippen MR) is 102 cm³/mol. The molecule has 0 aliphatic rings. The van der Waals surface area contributed by atoms with Crippen molar-refractivity contribution < 1.29 is 9.18 Å². The summed E-state index contributed by atoms with van der Waals surface area (Å²) in [7, 11) is 0. The molecule has 126 valence electrons. The Morgan fingerprint density at radius 2 is 1.60 bits per heavy atom. The van der Waals surface area contributed by atoms with Crippen molar-refractivity contribution in [2.45, 2.75) is 4.90 Å². The van der Waals surface area contributed by atoms with Crippen LogP contribution in [0.5, 0.6) is 0 Å². The van der Waals surface area contributed by atoms with E-state index in [1.54, 1.807) is 12.1 Å². The van der Waals surface area contributed by atoms with Crippen LogP contribution in [0.2, 0.25) is 5.02 Å². The Labute approximate surface area is 154 Å². The van der Waals surface area contributed by atoms with E-state index in [0.29, 0.717) is 16.3 Å². The van der Waals surface area contributed by atoms with Crippen molar-refractivity contribution in [1.29, 1.82) is 0 Å². The molecule has 0 radical (unpaired) electrons. The maximum atomic E-state index is 12.9. The number of anilines is 2. The summed E-state index contributed by atoms with van der Waals surface area (Å²) in [4.78, 5) is 13.1. The SMILES string of the molecule is O=C(Nc1ccc(F)cc1)c1ccc(SNc2ccccc2Cl)cc1. The molecular formula is C19H14ClFN2OS. The van der Waals surface area contributed by atoms with E-state index >= 15 is 0 Å². The number of benzene rings is 3. The second-order valence-electron chi connectivity index (χ2n) is 5.17. The van der Waals surface area contributed by atoms with Crippen LogP contribution in [-0.2, 0) is 0 Å². The van der Waals surface area contributed by atoms with Crippen LogP contribution in [-0.4, -0.2) is 5.91 Å². The van der Waals surface area contributed by atoms with E-state index in [2.05, 4.69) is 10.0 Å². The van der Waals surface area contributed by atoms with Gasteiger partial charge in [-0.2, -0.15) is 0 Å². The molecule has 0 aliphatic heterocycles. The Morgan fingerprint density at radius 1 is 0.920 bits per heavy atom. The first-order chi connectivity index (χ1) is 12.1. The summed E-state index contributed by atoms with van der Waals surface area (Å²) in [5.41, 5.74) is 1.89. The normalized spacial score (nSPS) is 10.3. The predicted octanol–water partition coefficient (Wildman–Crippen LogP) is 5.85. The maximum Gasteiger partial charge on any atom is 0.255 e. The summed E-state index contributed by atoms with van der Waals surface area (Å²) < 4.78 is 16.1. The molecule has 1 amide bonds. The molecule has 0 saturated carbocycles. The Bertz CT molecular complexity index is 869. The van der Waals surface area contributed by atoms with Gasteiger partial charge in [0.05, 0.1) is 10.7 Å². The summed E-state index contributed by atoms with van der Waals surface area (Å²) in [6, 6.07) is 20.3. The number of para-hydroxylation sites is 1. The minimum atomic E-state index is -0.342. The zero-order chi connectivity index (χ0) is 17.6. The van der Waals surface area contributed by atoms with Gasteiger partial charge in [-0.3, -0.25) is 4.79 Å². The third-order valence-electron chi connectivity index (χ3n) is 3.37. The third kappa shape index (κ3) is 4.75. The molecular weight excluding hydrogens is 359 g/mol. The molecule has 0 saturated heterocycles. The van der Waals surface area contributed by atoms with Crippen molar-refractivity contribution in [2.75, 3.05) is 10.0 Å². The van der Waals surface area contributed by atoms with Gasteiger partial charge < -0.3 is 10.0 Å². The van der Waals surface area contributed by atoms with Crippen molar-refractivity contribution >= 4 is 40.8 Å². The van der Waals surface area contributed by atoms with Crippen LogP contribution in [0.15, 0.2) is 77.7 Å². The highest BCUT2D eigenvalue weighted by molar-refractivity contribution is 8.00. The number of halogens is 2. The first-order valence-electron chi connectivity index (χ1n) is 7.46. The van der Waals surface area contributed by atoms with Gasteiger partial charge in [-0.25, -0.2) is 4.39 Å². The van der Waals surface area contributed by atoms with Gasteiger partial charge in [-0.15, -0.1) is 0 Å². The summed E-state index contributed by atoms with van der Waals surface area (Å²) in [5.74, 6) is -0.590. The van der Waals surface area contributed by atoms with E-state index in [1.807, 2.05) is 36.4 Å². The number of hydrogen-bond acceptors (Lipinski definition) is 3. The second kappa shape index (κ2) is 8.05. The molecule has 0 aliphatic carbocycles. The van der Waals surface area contributed by atoms with E-state index < -0.39 is 0 Å². The molecule has 3 rings (SSSR count). The number of hydrogen-bond donors (Lipinski definition) is 2. The van der Waals surface area contributed by atoms with Gasteiger partial charge in [0.1, 0.15) is 5.82 Å². The number of nitrogens with one attached hydrogen (secondary N) is 2. The highest BCUT2D eigenvalue weighted by Gasteiger charge is 2.07. The molecule has 0 fully saturated rings. The fraction of sp³-hybridized carbons (Fsp3) is 0. The molecule has 6 heteroatoms. The number of carbonyl (C=O) groups is 1. The molecule has 0 atom stereocenters. The smallest absolute Gasteiger partial charge is 0.255 e. The van der Waals surface area contributed by atoms with Gasteiger partial charge in [0.25, 0.3) is 5.91 Å². The average molecular weight is 373 g/mol. The van der Waals surface area contributed by atoms with Crippen molar-refractivity contribution in [3.8, 4) is 0 Å². The van der Waals surface area contributed by atoms with Crippen LogP contribution in [0.3, 0.4) is 0 Å². The van der Waals surface area contributed by atoms with Crippen LogP contribution in [0.4, 0.5) is 15.8 Å². The Kier molecular flexibility index (Phi) is 5.58. The molecule has 0 bridgehead atoms. The quantitative estimate of drug-likeness (QED) is 0.552. The minimum absolute atomic E-state index is 0.248. The zero-order valence-corrected chi connectivity index (χ0v) is 14.6. The van der Waals surface area contributed by atoms with E-state index in [4.69, 9.17) is 11.6 Å². The van der Waals surface area contributed by atoms with E-state index in [-0.39, 0.29) is 11.7 Å². The van der Waals surface area contributed by atoms with Gasteiger partial charge in [-0.05, 0) is 72.6 Å². The van der Waals surface area contributed by atoms with E-state index in [0.717, 1.165) is 10.6 Å². The van der Waals surface area contributed by atoms with E-state index in [9.17, 15) is 9.18 Å². The molecule has 0 unspecified atom stereocenters. The number of rotatable bonds is 5. The molecule has 0 heterocycles. The van der Waals surface area contributed by atoms with Gasteiger partial charge >= 0.3 is 0 Å². The largest absolute Gasteiger partial charge is 0.324 e. The molecule has 3 aromatic carbocycles. The molecule has 25 heavy (non-hydrogen) atoms. The standard InChI is InChI=1S/C19H14ClFN2OS/c20-17-3-1-2-4-18(17)23-25-16-11-5-13(6-12-16)19(24)22-15-9-7-14(21)8-10-15/h1-12,23H,(H,22,24). The number of amides is 1. The summed E-state index contributed by atoms with van der Waals surface area (Å²) in [6.45, 7) is 0. The first-order valence-corrected chi connectivity index (χ1v) is 8.65. The van der Waals surface area contributed by atoms with Crippen molar-refractivity contribution in [3.05, 3.63) is 89.2 Å². The fourth-order valence-electron chi connectivity index (χ4n) is 2.07. The number of carbonyl (C=O) groups excluding carboxylic acids is 1. The van der Waals surface area contributed by atoms with Crippen LogP contribution >= 0.6 is 23.5 Å². The average Bonchev–Trinajstić information content (AvgIpc) is 2.63. The first kappa shape index (κ1) is 17.3. The van der Waals surface area contributed by atoms with Crippen LogP contribution in [0, 0.1) is 5.82 Å². The lowest BCUT2D eigenvalue weighted by Crippen LogP contribution is -2.11. The molecule has 2 N–H and O–H groups in total. The Balaban J connectivity index is 1.60. The van der Waals surface area contributed by atoms with Gasteiger partial charge in [0, 0.05) is 16.1 Å². The second-order valence-corrected chi connectivity index (χ2v) is 6.46. The lowest BCUT2D eigenvalue weighted by Gasteiger charge is -2.08. The minimum Gasteiger partial charge on any atom is -0.324 e. The lowest BCUT2D eigenvalue weighted by atomic mass is 10.2. The molecule has 0 spiro atoms.